The fraction of sp³-hybridized carbons (Fsp3) is 0.500. The lowest BCUT2D eigenvalue weighted by Crippen LogP contribution is -2.50. The zero-order chi connectivity index (χ0) is 14.8. The molecule has 0 spiro atoms. The summed E-state index contributed by atoms with van der Waals surface area (Å²) in [5.74, 6) is 0.0929. The number of carbonyl (C=O) groups excluding carboxylic acids is 1. The fourth-order valence-electron chi connectivity index (χ4n) is 2.34. The molecule has 0 aliphatic carbocycles. The van der Waals surface area contributed by atoms with Gasteiger partial charge >= 0.3 is 0 Å². The van der Waals surface area contributed by atoms with E-state index < -0.39 is 10.0 Å². The maximum atomic E-state index is 12.4. The molecule has 1 amide bonds. The molecule has 2 rings (SSSR count). The minimum atomic E-state index is -3.15. The van der Waals surface area contributed by atoms with Crippen LogP contribution in [-0.2, 0) is 10.0 Å². The van der Waals surface area contributed by atoms with Gasteiger partial charge in [0.15, 0.2) is 0 Å². The second-order valence-electron chi connectivity index (χ2n) is 4.91. The van der Waals surface area contributed by atoms with Gasteiger partial charge in [-0.25, -0.2) is 8.42 Å². The van der Waals surface area contributed by atoms with Gasteiger partial charge in [0.2, 0.25) is 10.0 Å². The summed E-state index contributed by atoms with van der Waals surface area (Å²) in [6, 6.07) is 7.47. The van der Waals surface area contributed by atoms with Crippen molar-refractivity contribution in [2.45, 2.75) is 13.8 Å². The van der Waals surface area contributed by atoms with Gasteiger partial charge < -0.3 is 4.90 Å². The number of aryl methyl sites for hydroxylation is 1. The standard InChI is InChI=1S/C14H20N2O3S/c1-3-20(18,19)16-10-8-15(9-11-16)14(17)13-7-5-4-6-12(13)2/h4-7H,3,8-11H2,1-2H3. The fourth-order valence-corrected chi connectivity index (χ4v) is 3.42. The summed E-state index contributed by atoms with van der Waals surface area (Å²) in [6.07, 6.45) is 0. The Bertz CT molecular complexity index is 590. The normalized spacial score (nSPS) is 17.2. The van der Waals surface area contributed by atoms with Gasteiger partial charge in [-0.15, -0.1) is 0 Å². The van der Waals surface area contributed by atoms with Gasteiger partial charge in [-0.2, -0.15) is 4.31 Å². The monoisotopic (exact) mass is 296 g/mol. The molecule has 0 bridgehead atoms. The highest BCUT2D eigenvalue weighted by Crippen LogP contribution is 2.14. The van der Waals surface area contributed by atoms with E-state index in [2.05, 4.69) is 0 Å². The number of carbonyl (C=O) groups is 1. The zero-order valence-corrected chi connectivity index (χ0v) is 12.7. The SMILES string of the molecule is CCS(=O)(=O)N1CCN(C(=O)c2ccccc2C)CC1. The third kappa shape index (κ3) is 3.02. The van der Waals surface area contributed by atoms with Crippen LogP contribution in [0.25, 0.3) is 0 Å². The summed E-state index contributed by atoms with van der Waals surface area (Å²) in [7, 11) is -3.15. The van der Waals surface area contributed by atoms with Crippen molar-refractivity contribution in [3.63, 3.8) is 0 Å². The van der Waals surface area contributed by atoms with Crippen molar-refractivity contribution in [3.05, 3.63) is 35.4 Å². The number of piperazine rings is 1. The predicted octanol–water partition coefficient (Wildman–Crippen LogP) is 1.10. The first-order valence-corrected chi connectivity index (χ1v) is 8.39. The summed E-state index contributed by atoms with van der Waals surface area (Å²) in [5, 5.41) is 0. The highest BCUT2D eigenvalue weighted by atomic mass is 32.2. The molecule has 0 saturated carbocycles. The van der Waals surface area contributed by atoms with Gasteiger partial charge in [0.25, 0.3) is 5.91 Å². The minimum Gasteiger partial charge on any atom is -0.336 e. The molecule has 1 heterocycles. The number of sulfonamides is 1. The Morgan fingerprint density at radius 3 is 2.30 bits per heavy atom. The van der Waals surface area contributed by atoms with E-state index >= 15 is 0 Å². The molecule has 0 atom stereocenters. The maximum Gasteiger partial charge on any atom is 0.254 e. The topological polar surface area (TPSA) is 57.7 Å². The van der Waals surface area contributed by atoms with Crippen LogP contribution >= 0.6 is 0 Å². The Labute approximate surface area is 120 Å². The first-order valence-electron chi connectivity index (χ1n) is 6.78. The number of nitrogens with zero attached hydrogens (tertiary/aromatic N) is 2. The third-order valence-electron chi connectivity index (χ3n) is 3.66. The Morgan fingerprint density at radius 2 is 1.75 bits per heavy atom. The lowest BCUT2D eigenvalue weighted by molar-refractivity contribution is 0.0697. The van der Waals surface area contributed by atoms with Crippen LogP contribution in [0.15, 0.2) is 24.3 Å². The van der Waals surface area contributed by atoms with Crippen molar-refractivity contribution >= 4 is 15.9 Å². The van der Waals surface area contributed by atoms with Crippen molar-refractivity contribution in [1.29, 1.82) is 0 Å². The van der Waals surface area contributed by atoms with E-state index in [1.807, 2.05) is 31.2 Å². The van der Waals surface area contributed by atoms with Crippen LogP contribution in [0, 0.1) is 6.92 Å². The van der Waals surface area contributed by atoms with Gasteiger partial charge in [-0.1, -0.05) is 18.2 Å². The molecule has 0 N–H and O–H groups in total. The molecule has 0 unspecified atom stereocenters. The van der Waals surface area contributed by atoms with E-state index in [0.29, 0.717) is 31.7 Å². The van der Waals surface area contributed by atoms with Crippen molar-refractivity contribution in [1.82, 2.24) is 9.21 Å². The van der Waals surface area contributed by atoms with E-state index in [1.54, 1.807) is 11.8 Å². The molecule has 5 nitrogen and oxygen atoms in total. The Hall–Kier alpha value is -1.40. The predicted molar refractivity (Wildman–Crippen MR) is 78.1 cm³/mol. The van der Waals surface area contributed by atoms with Gasteiger partial charge in [-0.3, -0.25) is 4.79 Å². The second-order valence-corrected chi connectivity index (χ2v) is 7.16. The highest BCUT2D eigenvalue weighted by Gasteiger charge is 2.28. The zero-order valence-electron chi connectivity index (χ0n) is 11.9. The number of hydrogen-bond donors (Lipinski definition) is 0. The summed E-state index contributed by atoms with van der Waals surface area (Å²) < 4.78 is 25.0. The van der Waals surface area contributed by atoms with Gasteiger partial charge in [0, 0.05) is 31.7 Å². The minimum absolute atomic E-state index is 0.0170. The highest BCUT2D eigenvalue weighted by molar-refractivity contribution is 7.89. The average molecular weight is 296 g/mol. The molecule has 1 fully saturated rings. The quantitative estimate of drug-likeness (QED) is 0.839. The van der Waals surface area contributed by atoms with Crippen LogP contribution in [0.2, 0.25) is 0 Å². The van der Waals surface area contributed by atoms with Crippen molar-refractivity contribution in [3.8, 4) is 0 Å². The van der Waals surface area contributed by atoms with Crippen LogP contribution in [0.4, 0.5) is 0 Å². The summed E-state index contributed by atoms with van der Waals surface area (Å²) >= 11 is 0. The number of hydrogen-bond acceptors (Lipinski definition) is 3. The third-order valence-corrected chi connectivity index (χ3v) is 5.54. The summed E-state index contributed by atoms with van der Waals surface area (Å²) in [4.78, 5) is 14.1. The Balaban J connectivity index is 2.05. The van der Waals surface area contributed by atoms with Crippen LogP contribution in [0.1, 0.15) is 22.8 Å². The van der Waals surface area contributed by atoms with E-state index in [-0.39, 0.29) is 11.7 Å². The molecule has 0 aromatic heterocycles. The maximum absolute atomic E-state index is 12.4. The van der Waals surface area contributed by atoms with Crippen LogP contribution in [0.5, 0.6) is 0 Å². The molecule has 1 aromatic rings. The van der Waals surface area contributed by atoms with E-state index in [9.17, 15) is 13.2 Å². The van der Waals surface area contributed by atoms with E-state index in [4.69, 9.17) is 0 Å². The molecule has 6 heteroatoms. The lowest BCUT2D eigenvalue weighted by atomic mass is 10.1. The molecule has 0 radical (unpaired) electrons. The van der Waals surface area contributed by atoms with E-state index in [0.717, 1.165) is 5.56 Å². The Morgan fingerprint density at radius 1 is 1.15 bits per heavy atom. The van der Waals surface area contributed by atoms with Crippen molar-refractivity contribution < 1.29 is 13.2 Å². The molecule has 1 aromatic carbocycles. The van der Waals surface area contributed by atoms with Crippen LogP contribution < -0.4 is 0 Å². The Kier molecular flexibility index (Phi) is 4.45. The molecule has 1 saturated heterocycles. The number of benzene rings is 1. The van der Waals surface area contributed by atoms with Gasteiger partial charge in [-0.05, 0) is 25.5 Å². The number of rotatable bonds is 3. The smallest absolute Gasteiger partial charge is 0.254 e. The summed E-state index contributed by atoms with van der Waals surface area (Å²) in [6.45, 7) is 5.21. The van der Waals surface area contributed by atoms with Gasteiger partial charge in [0.1, 0.15) is 0 Å². The summed E-state index contributed by atoms with van der Waals surface area (Å²) in [5.41, 5.74) is 1.64. The lowest BCUT2D eigenvalue weighted by Gasteiger charge is -2.34. The second kappa shape index (κ2) is 5.93. The average Bonchev–Trinajstić information content (AvgIpc) is 2.47. The van der Waals surface area contributed by atoms with Crippen LogP contribution in [-0.4, -0.2) is 55.5 Å². The van der Waals surface area contributed by atoms with Gasteiger partial charge in [0.05, 0.1) is 5.75 Å². The molecule has 1 aliphatic rings. The molecule has 20 heavy (non-hydrogen) atoms. The van der Waals surface area contributed by atoms with Crippen molar-refractivity contribution in [2.75, 3.05) is 31.9 Å². The number of amides is 1. The first-order chi connectivity index (χ1) is 9.45. The van der Waals surface area contributed by atoms with Crippen molar-refractivity contribution in [2.24, 2.45) is 0 Å². The van der Waals surface area contributed by atoms with Crippen LogP contribution in [0.3, 0.4) is 0 Å². The molecular formula is C14H20N2O3S. The van der Waals surface area contributed by atoms with E-state index in [1.165, 1.54) is 4.31 Å². The largest absolute Gasteiger partial charge is 0.336 e. The molecule has 1 aliphatic heterocycles. The molecule has 110 valence electrons. The first kappa shape index (κ1) is 15.0. The molecular weight excluding hydrogens is 276 g/mol.